The van der Waals surface area contributed by atoms with Gasteiger partial charge in [0.1, 0.15) is 5.75 Å². The van der Waals surface area contributed by atoms with Crippen molar-refractivity contribution in [3.05, 3.63) is 47.7 Å². The molecule has 0 fully saturated rings. The molecule has 0 aliphatic carbocycles. The van der Waals surface area contributed by atoms with Crippen LogP contribution in [-0.4, -0.2) is 23.2 Å². The first-order valence-electron chi connectivity index (χ1n) is 5.87. The number of nitrogens with zero attached hydrogens (tertiary/aromatic N) is 1. The second kappa shape index (κ2) is 5.97. The van der Waals surface area contributed by atoms with Gasteiger partial charge in [-0.25, -0.2) is 0 Å². The molecule has 0 radical (unpaired) electrons. The highest BCUT2D eigenvalue weighted by Crippen LogP contribution is 2.22. The van der Waals surface area contributed by atoms with Crippen LogP contribution >= 0.6 is 15.9 Å². The van der Waals surface area contributed by atoms with E-state index >= 15 is 0 Å². The molecule has 98 valence electrons. The van der Waals surface area contributed by atoms with Crippen LogP contribution in [0.2, 0.25) is 0 Å². The number of carbonyl (C=O) groups is 1. The quantitative estimate of drug-likeness (QED) is 0.638. The fourth-order valence-electron chi connectivity index (χ4n) is 1.85. The van der Waals surface area contributed by atoms with Crippen molar-refractivity contribution in [3.8, 4) is 17.0 Å². The van der Waals surface area contributed by atoms with Gasteiger partial charge in [0.25, 0.3) is 0 Å². The summed E-state index contributed by atoms with van der Waals surface area (Å²) < 4.78 is 5.12. The average Bonchev–Trinajstić information content (AvgIpc) is 2.46. The number of aryl methyl sites for hydroxylation is 1. The number of carbonyl (C=O) groups excluding carboxylic acids is 1. The Hall–Kier alpha value is -1.68. The van der Waals surface area contributed by atoms with Crippen LogP contribution in [-0.2, 0) is 0 Å². The maximum atomic E-state index is 11.7. The number of benzene rings is 1. The largest absolute Gasteiger partial charge is 0.497 e. The number of rotatable bonds is 4. The summed E-state index contributed by atoms with van der Waals surface area (Å²) in [6, 6.07) is 11.4. The molecule has 0 spiro atoms. The van der Waals surface area contributed by atoms with E-state index in [2.05, 4.69) is 20.9 Å². The van der Waals surface area contributed by atoms with Gasteiger partial charge >= 0.3 is 0 Å². The van der Waals surface area contributed by atoms with Crippen LogP contribution in [0.4, 0.5) is 0 Å². The van der Waals surface area contributed by atoms with Gasteiger partial charge in [-0.1, -0.05) is 15.9 Å². The molecule has 0 aliphatic heterocycles. The van der Waals surface area contributed by atoms with E-state index in [0.29, 0.717) is 10.9 Å². The molecule has 1 aromatic heterocycles. The first-order valence-corrected chi connectivity index (χ1v) is 6.99. The van der Waals surface area contributed by atoms with Crippen molar-refractivity contribution >= 4 is 21.7 Å². The van der Waals surface area contributed by atoms with Crippen molar-refractivity contribution in [3.63, 3.8) is 0 Å². The van der Waals surface area contributed by atoms with Crippen molar-refractivity contribution in [1.29, 1.82) is 0 Å². The Morgan fingerprint density at radius 2 is 1.89 bits per heavy atom. The van der Waals surface area contributed by atoms with E-state index in [1.54, 1.807) is 7.11 Å². The van der Waals surface area contributed by atoms with Crippen molar-refractivity contribution in [1.82, 2.24) is 4.98 Å². The Bertz CT molecular complexity index is 594. The molecule has 4 heteroatoms. The normalized spacial score (nSPS) is 10.3. The number of alkyl halides is 1. The Morgan fingerprint density at radius 3 is 2.42 bits per heavy atom. The smallest absolute Gasteiger partial charge is 0.175 e. The number of Topliss-reactive ketones (excluding diaryl/α,β-unsaturated/α-hetero) is 1. The summed E-state index contributed by atoms with van der Waals surface area (Å²) in [7, 11) is 1.64. The van der Waals surface area contributed by atoms with Crippen LogP contribution in [0, 0.1) is 6.92 Å². The van der Waals surface area contributed by atoms with E-state index in [-0.39, 0.29) is 5.78 Å². The number of methoxy groups -OCH3 is 1. The predicted molar refractivity (Wildman–Crippen MR) is 79.1 cm³/mol. The first-order chi connectivity index (χ1) is 9.15. The van der Waals surface area contributed by atoms with Crippen molar-refractivity contribution in [2.45, 2.75) is 6.92 Å². The number of halogens is 1. The van der Waals surface area contributed by atoms with Crippen molar-refractivity contribution in [2.24, 2.45) is 0 Å². The molecule has 0 aliphatic rings. The number of ether oxygens (including phenoxy) is 1. The summed E-state index contributed by atoms with van der Waals surface area (Å²) in [6.45, 7) is 1.85. The highest BCUT2D eigenvalue weighted by Gasteiger charge is 2.10. The minimum absolute atomic E-state index is 0.0475. The van der Waals surface area contributed by atoms with E-state index < -0.39 is 0 Å². The van der Waals surface area contributed by atoms with Gasteiger partial charge in [0.05, 0.1) is 18.1 Å². The maximum absolute atomic E-state index is 11.7. The van der Waals surface area contributed by atoms with Gasteiger partial charge < -0.3 is 4.74 Å². The molecule has 0 amide bonds. The summed E-state index contributed by atoms with van der Waals surface area (Å²) in [6.07, 6.45) is 0. The molecule has 0 saturated carbocycles. The van der Waals surface area contributed by atoms with Crippen LogP contribution in [0.5, 0.6) is 5.75 Å². The fourth-order valence-corrected chi connectivity index (χ4v) is 2.15. The highest BCUT2D eigenvalue weighted by atomic mass is 79.9. The molecule has 0 N–H and O–H groups in total. The average molecular weight is 320 g/mol. The second-order valence-corrected chi connectivity index (χ2v) is 4.68. The number of pyridine rings is 1. The molecule has 2 rings (SSSR count). The van der Waals surface area contributed by atoms with Crippen LogP contribution in [0.25, 0.3) is 11.3 Å². The third-order valence-electron chi connectivity index (χ3n) is 2.89. The molecule has 1 aromatic carbocycles. The highest BCUT2D eigenvalue weighted by molar-refractivity contribution is 9.09. The lowest BCUT2D eigenvalue weighted by Gasteiger charge is -2.07. The summed E-state index contributed by atoms with van der Waals surface area (Å²) >= 11 is 3.17. The van der Waals surface area contributed by atoms with Crippen LogP contribution < -0.4 is 4.74 Å². The molecule has 19 heavy (non-hydrogen) atoms. The van der Waals surface area contributed by atoms with E-state index in [9.17, 15) is 4.79 Å². The lowest BCUT2D eigenvalue weighted by atomic mass is 10.1. The minimum Gasteiger partial charge on any atom is -0.497 e. The summed E-state index contributed by atoms with van der Waals surface area (Å²) in [5, 5.41) is 0.317. The molecule has 3 nitrogen and oxygen atoms in total. The summed E-state index contributed by atoms with van der Waals surface area (Å²) in [5.74, 6) is 0.859. The zero-order valence-electron chi connectivity index (χ0n) is 10.8. The summed E-state index contributed by atoms with van der Waals surface area (Å²) in [5.41, 5.74) is 3.26. The van der Waals surface area contributed by atoms with Crippen LogP contribution in [0.1, 0.15) is 16.1 Å². The fraction of sp³-hybridized carbons (Fsp3) is 0.200. The number of aromatic nitrogens is 1. The van der Waals surface area contributed by atoms with E-state index in [0.717, 1.165) is 22.7 Å². The minimum atomic E-state index is 0.0475. The van der Waals surface area contributed by atoms with Gasteiger partial charge in [-0.05, 0) is 43.3 Å². The van der Waals surface area contributed by atoms with Gasteiger partial charge in [-0.15, -0.1) is 0 Å². The van der Waals surface area contributed by atoms with Gasteiger partial charge in [-0.3, -0.25) is 9.78 Å². The zero-order valence-corrected chi connectivity index (χ0v) is 12.4. The molecule has 0 saturated heterocycles. The van der Waals surface area contributed by atoms with Gasteiger partial charge in [0.15, 0.2) is 5.78 Å². The molecule has 1 heterocycles. The second-order valence-electron chi connectivity index (χ2n) is 4.11. The van der Waals surface area contributed by atoms with Crippen molar-refractivity contribution in [2.75, 3.05) is 12.4 Å². The van der Waals surface area contributed by atoms with E-state index in [1.165, 1.54) is 0 Å². The predicted octanol–water partition coefficient (Wildman–Crippen LogP) is 3.64. The summed E-state index contributed by atoms with van der Waals surface area (Å²) in [4.78, 5) is 16.1. The Balaban J connectivity index is 2.35. The standard InChI is InChI=1S/C15H14BrNO2/c1-10-13(15(18)9-16)7-8-14(17-10)11-3-5-12(19-2)6-4-11/h3-8H,9H2,1-2H3. The Kier molecular flexibility index (Phi) is 4.32. The number of hydrogen-bond donors (Lipinski definition) is 0. The third kappa shape index (κ3) is 3.01. The number of ketones is 1. The van der Waals surface area contributed by atoms with E-state index in [1.807, 2.05) is 43.3 Å². The third-order valence-corrected chi connectivity index (χ3v) is 3.40. The van der Waals surface area contributed by atoms with E-state index in [4.69, 9.17) is 4.74 Å². The Labute approximate surface area is 120 Å². The monoisotopic (exact) mass is 319 g/mol. The SMILES string of the molecule is COc1ccc(-c2ccc(C(=O)CBr)c(C)n2)cc1. The van der Waals surface area contributed by atoms with Crippen LogP contribution in [0.15, 0.2) is 36.4 Å². The topological polar surface area (TPSA) is 39.2 Å². The zero-order chi connectivity index (χ0) is 13.8. The van der Waals surface area contributed by atoms with Gasteiger partial charge in [0.2, 0.25) is 0 Å². The lowest BCUT2D eigenvalue weighted by molar-refractivity contribution is 0.102. The molecule has 0 atom stereocenters. The maximum Gasteiger partial charge on any atom is 0.175 e. The molecule has 2 aromatic rings. The van der Waals surface area contributed by atoms with Gasteiger partial charge in [0, 0.05) is 16.8 Å². The first kappa shape index (κ1) is 13.7. The van der Waals surface area contributed by atoms with Gasteiger partial charge in [-0.2, -0.15) is 0 Å². The molecule has 0 bridgehead atoms. The number of hydrogen-bond acceptors (Lipinski definition) is 3. The van der Waals surface area contributed by atoms with Crippen molar-refractivity contribution < 1.29 is 9.53 Å². The Morgan fingerprint density at radius 1 is 1.21 bits per heavy atom. The molecular formula is C15H14BrNO2. The molecule has 0 unspecified atom stereocenters. The molecular weight excluding hydrogens is 306 g/mol. The lowest BCUT2D eigenvalue weighted by Crippen LogP contribution is -2.04. The van der Waals surface area contributed by atoms with Crippen LogP contribution in [0.3, 0.4) is 0 Å².